The van der Waals surface area contributed by atoms with Crippen LogP contribution in [0.1, 0.15) is 47.8 Å². The Morgan fingerprint density at radius 3 is 2.66 bits per heavy atom. The summed E-state index contributed by atoms with van der Waals surface area (Å²) in [6.45, 7) is 9.48. The number of fused-ring (bicyclic) bond motifs is 1. The third-order valence-electron chi connectivity index (χ3n) is 5.67. The number of H-pyrrole nitrogens is 1. The van der Waals surface area contributed by atoms with E-state index in [9.17, 15) is 24.1 Å². The van der Waals surface area contributed by atoms with Gasteiger partial charge in [-0.05, 0) is 20.8 Å². The van der Waals surface area contributed by atoms with Gasteiger partial charge >= 0.3 is 13.7 Å². The molecule has 2 aromatic rings. The SMILES string of the molecule is CC(C)OC(=O)[C@H](C)N[P@@](=O)(OCCSC(=O)C(C)(C)C)OC[C@H]1O[C@@H](n2cnc3c(=O)[nH]c(N)nc32)[C@@H](Cl)[C@@H]1O. The predicted molar refractivity (Wildman–Crippen MR) is 152 cm³/mol. The summed E-state index contributed by atoms with van der Waals surface area (Å²) in [6, 6.07) is -1.08. The van der Waals surface area contributed by atoms with Gasteiger partial charge in [0.05, 0.1) is 25.6 Å². The first-order valence-electron chi connectivity index (χ1n) is 12.8. The molecular weight excluding hydrogens is 603 g/mol. The molecule has 0 unspecified atom stereocenters. The minimum absolute atomic E-state index is 0.00644. The Morgan fingerprint density at radius 1 is 1.34 bits per heavy atom. The third-order valence-corrected chi connectivity index (χ3v) is 9.11. The topological polar surface area (TPSA) is 210 Å². The monoisotopic (exact) mass is 638 g/mol. The lowest BCUT2D eigenvalue weighted by Crippen LogP contribution is -2.37. The standard InChI is InChI=1S/C23H36ClN6O9PS/c1-11(2)38-20(33)12(3)29-40(35,36-7-8-41-21(34)23(4,5)6)37-9-13-16(31)14(24)19(39-13)30-10-26-15-17(30)27-22(25)28-18(15)32/h10-14,16,19,31H,7-9H2,1-6H3,(H,29,35)(H3,25,27,28,32)/t12-,13+,14-,16+,19+,40+/m0/s1. The van der Waals surface area contributed by atoms with Crippen LogP contribution in [0, 0.1) is 5.41 Å². The van der Waals surface area contributed by atoms with E-state index in [4.69, 9.17) is 35.9 Å². The maximum Gasteiger partial charge on any atom is 0.406 e. The second-order valence-corrected chi connectivity index (χ2v) is 14.0. The number of halogens is 1. The second-order valence-electron chi connectivity index (χ2n) is 10.6. The van der Waals surface area contributed by atoms with Crippen molar-refractivity contribution in [3.05, 3.63) is 16.7 Å². The maximum atomic E-state index is 13.7. The van der Waals surface area contributed by atoms with Crippen LogP contribution in [0.2, 0.25) is 0 Å². The van der Waals surface area contributed by atoms with Crippen molar-refractivity contribution < 1.29 is 37.8 Å². The minimum Gasteiger partial charge on any atom is -0.462 e. The van der Waals surface area contributed by atoms with Gasteiger partial charge in [0.15, 0.2) is 22.5 Å². The van der Waals surface area contributed by atoms with Crippen LogP contribution < -0.4 is 16.4 Å². The van der Waals surface area contributed by atoms with Crippen LogP contribution in [0.15, 0.2) is 11.1 Å². The number of alkyl halides is 1. The van der Waals surface area contributed by atoms with Crippen molar-refractivity contribution in [1.82, 2.24) is 24.6 Å². The number of hydrogen-bond acceptors (Lipinski definition) is 13. The zero-order valence-corrected chi connectivity index (χ0v) is 26.0. The van der Waals surface area contributed by atoms with E-state index >= 15 is 0 Å². The van der Waals surface area contributed by atoms with E-state index in [-0.39, 0.29) is 34.6 Å². The van der Waals surface area contributed by atoms with Crippen molar-refractivity contribution in [2.75, 3.05) is 24.7 Å². The molecule has 0 saturated carbocycles. The number of nitrogens with zero attached hydrogens (tertiary/aromatic N) is 3. The highest BCUT2D eigenvalue weighted by molar-refractivity contribution is 8.13. The molecule has 1 aliphatic rings. The molecule has 0 spiro atoms. The van der Waals surface area contributed by atoms with Crippen LogP contribution in [0.5, 0.6) is 0 Å². The Hall–Kier alpha value is -2.04. The molecule has 15 nitrogen and oxygen atoms in total. The maximum absolute atomic E-state index is 13.7. The number of carbonyl (C=O) groups is 2. The number of aromatic nitrogens is 4. The van der Waals surface area contributed by atoms with Gasteiger partial charge < -0.3 is 20.3 Å². The first kappa shape index (κ1) is 33.5. The van der Waals surface area contributed by atoms with E-state index in [2.05, 4.69) is 20.0 Å². The largest absolute Gasteiger partial charge is 0.462 e. The molecule has 0 aromatic carbocycles. The van der Waals surface area contributed by atoms with Crippen molar-refractivity contribution in [3.8, 4) is 0 Å². The lowest BCUT2D eigenvalue weighted by Gasteiger charge is -2.25. The molecule has 1 fully saturated rings. The summed E-state index contributed by atoms with van der Waals surface area (Å²) in [4.78, 5) is 47.1. The van der Waals surface area contributed by atoms with E-state index in [0.29, 0.717) is 0 Å². The number of aromatic amines is 1. The molecular formula is C23H36ClN6O9PS. The summed E-state index contributed by atoms with van der Waals surface area (Å²) in [7, 11) is -4.21. The zero-order chi connectivity index (χ0) is 30.7. The molecule has 18 heteroatoms. The van der Waals surface area contributed by atoms with Crippen molar-refractivity contribution in [2.45, 2.75) is 77.5 Å². The van der Waals surface area contributed by atoms with Crippen molar-refractivity contribution in [3.63, 3.8) is 0 Å². The average molecular weight is 639 g/mol. The van der Waals surface area contributed by atoms with Gasteiger partial charge in [0.2, 0.25) is 5.95 Å². The fourth-order valence-electron chi connectivity index (χ4n) is 3.61. The van der Waals surface area contributed by atoms with Crippen molar-refractivity contribution in [2.24, 2.45) is 5.41 Å². The number of nitrogens with two attached hydrogens (primary N) is 1. The van der Waals surface area contributed by atoms with Gasteiger partial charge in [0.25, 0.3) is 5.56 Å². The second kappa shape index (κ2) is 13.5. The number of aliphatic hydroxyl groups excluding tert-OH is 1. The normalized spacial score (nSPS) is 23.5. The van der Waals surface area contributed by atoms with Crippen molar-refractivity contribution in [1.29, 1.82) is 0 Å². The van der Waals surface area contributed by atoms with Gasteiger partial charge in [0.1, 0.15) is 23.6 Å². The van der Waals surface area contributed by atoms with Gasteiger partial charge in [0, 0.05) is 11.2 Å². The van der Waals surface area contributed by atoms with Crippen LogP contribution >= 0.6 is 31.1 Å². The first-order chi connectivity index (χ1) is 19.0. The molecule has 0 radical (unpaired) electrons. The molecule has 3 rings (SSSR count). The molecule has 1 saturated heterocycles. The third kappa shape index (κ3) is 8.51. The van der Waals surface area contributed by atoms with E-state index in [1.807, 2.05) is 0 Å². The Morgan fingerprint density at radius 2 is 2.02 bits per heavy atom. The van der Waals surface area contributed by atoms with Crippen LogP contribution in [0.25, 0.3) is 11.2 Å². The number of nitrogens with one attached hydrogen (secondary N) is 2. The van der Waals surface area contributed by atoms with E-state index < -0.39 is 67.3 Å². The van der Waals surface area contributed by atoms with Gasteiger partial charge in [-0.15, -0.1) is 11.6 Å². The Bertz CT molecular complexity index is 1350. The van der Waals surface area contributed by atoms with Gasteiger partial charge in [-0.3, -0.25) is 33.0 Å². The predicted octanol–water partition coefficient (Wildman–Crippen LogP) is 1.94. The van der Waals surface area contributed by atoms with E-state index in [1.54, 1.807) is 34.6 Å². The number of carbonyl (C=O) groups excluding carboxylic acids is 2. The Balaban J connectivity index is 1.72. The number of ether oxygens (including phenoxy) is 2. The number of thioether (sulfide) groups is 1. The number of imidazole rings is 1. The van der Waals surface area contributed by atoms with Gasteiger partial charge in [-0.2, -0.15) is 4.98 Å². The van der Waals surface area contributed by atoms with Crippen molar-refractivity contribution >= 4 is 59.3 Å². The summed E-state index contributed by atoms with van der Waals surface area (Å²) in [5.74, 6) is -0.658. The van der Waals surface area contributed by atoms with Crippen LogP contribution in [-0.2, 0) is 32.7 Å². The zero-order valence-electron chi connectivity index (χ0n) is 23.5. The molecule has 1 aliphatic heterocycles. The quantitative estimate of drug-likeness (QED) is 0.113. The number of nitrogen functional groups attached to an aromatic ring is 1. The Labute approximate surface area is 245 Å². The summed E-state index contributed by atoms with van der Waals surface area (Å²) >= 11 is 7.47. The highest BCUT2D eigenvalue weighted by atomic mass is 35.5. The number of anilines is 1. The van der Waals surface area contributed by atoms with Crippen LogP contribution in [-0.4, -0.2) is 84.4 Å². The number of rotatable bonds is 12. The molecule has 0 amide bonds. The Kier molecular flexibility index (Phi) is 11.0. The smallest absolute Gasteiger partial charge is 0.406 e. The first-order valence-corrected chi connectivity index (χ1v) is 15.7. The minimum atomic E-state index is -4.21. The van der Waals surface area contributed by atoms with Crippen LogP contribution in [0.3, 0.4) is 0 Å². The average Bonchev–Trinajstić information content (AvgIpc) is 3.40. The fourth-order valence-corrected chi connectivity index (χ4v) is 6.34. The fraction of sp³-hybridized carbons (Fsp3) is 0.696. The summed E-state index contributed by atoms with van der Waals surface area (Å²) in [5.41, 5.74) is 4.60. The number of aliphatic hydroxyl groups is 1. The lowest BCUT2D eigenvalue weighted by molar-refractivity contribution is -0.149. The molecule has 3 heterocycles. The summed E-state index contributed by atoms with van der Waals surface area (Å²) in [5, 5.41) is 12.2. The molecule has 2 aromatic heterocycles. The summed E-state index contributed by atoms with van der Waals surface area (Å²) in [6.07, 6.45) is -2.58. The van der Waals surface area contributed by atoms with Gasteiger partial charge in [-0.25, -0.2) is 14.6 Å². The lowest BCUT2D eigenvalue weighted by atomic mass is 10.00. The molecule has 230 valence electrons. The highest BCUT2D eigenvalue weighted by Crippen LogP contribution is 2.46. The highest BCUT2D eigenvalue weighted by Gasteiger charge is 2.46. The molecule has 0 aliphatic carbocycles. The molecule has 6 atom stereocenters. The van der Waals surface area contributed by atoms with Crippen LogP contribution in [0.4, 0.5) is 5.95 Å². The molecule has 41 heavy (non-hydrogen) atoms. The summed E-state index contributed by atoms with van der Waals surface area (Å²) < 4.78 is 37.2. The van der Waals surface area contributed by atoms with Gasteiger partial charge in [-0.1, -0.05) is 32.5 Å². The molecule has 0 bridgehead atoms. The molecule has 5 N–H and O–H groups in total. The number of hydrogen-bond donors (Lipinski definition) is 4. The number of esters is 1. The van der Waals surface area contributed by atoms with E-state index in [0.717, 1.165) is 11.8 Å². The van der Waals surface area contributed by atoms with E-state index in [1.165, 1.54) is 17.8 Å².